The third-order valence-electron chi connectivity index (χ3n) is 4.84. The number of hydrogen-bond donors (Lipinski definition) is 1. The summed E-state index contributed by atoms with van der Waals surface area (Å²) in [4.78, 5) is 0. The first-order valence-electron chi connectivity index (χ1n) is 8.42. The van der Waals surface area contributed by atoms with Crippen molar-refractivity contribution in [3.05, 3.63) is 47.0 Å². The Kier molecular flexibility index (Phi) is 4.91. The molecule has 2 aliphatic rings. The van der Waals surface area contributed by atoms with Crippen LogP contribution >= 0.6 is 0 Å². The maximum absolute atomic E-state index is 3.82. The number of aryl methyl sites for hydroxylation is 1. The maximum atomic E-state index is 3.82. The highest BCUT2D eigenvalue weighted by atomic mass is 14.9. The molecule has 0 aromatic heterocycles. The van der Waals surface area contributed by atoms with Crippen molar-refractivity contribution in [2.45, 2.75) is 63.8 Å². The van der Waals surface area contributed by atoms with Gasteiger partial charge in [-0.05, 0) is 69.0 Å². The summed E-state index contributed by atoms with van der Waals surface area (Å²) in [5.74, 6) is 0. The monoisotopic (exact) mass is 269 g/mol. The van der Waals surface area contributed by atoms with Crippen molar-refractivity contribution >= 4 is 0 Å². The predicted molar refractivity (Wildman–Crippen MR) is 85.9 cm³/mol. The zero-order valence-corrected chi connectivity index (χ0v) is 12.5. The van der Waals surface area contributed by atoms with Crippen molar-refractivity contribution in [1.29, 1.82) is 0 Å². The SMILES string of the molecule is C1=C(CCNC2CCCCc3ccccc32)CCCC1. The molecule has 1 heteroatoms. The average Bonchev–Trinajstić information content (AvgIpc) is 2.71. The Hall–Kier alpha value is -1.08. The van der Waals surface area contributed by atoms with Crippen molar-refractivity contribution in [2.75, 3.05) is 6.54 Å². The van der Waals surface area contributed by atoms with E-state index in [-0.39, 0.29) is 0 Å². The molecule has 1 aromatic rings. The zero-order valence-electron chi connectivity index (χ0n) is 12.5. The van der Waals surface area contributed by atoms with Gasteiger partial charge in [0, 0.05) is 6.04 Å². The second-order valence-corrected chi connectivity index (χ2v) is 6.31. The Balaban J connectivity index is 1.58. The molecule has 0 fully saturated rings. The molecular weight excluding hydrogens is 242 g/mol. The minimum absolute atomic E-state index is 0.581. The molecule has 1 atom stereocenters. The van der Waals surface area contributed by atoms with Crippen molar-refractivity contribution in [2.24, 2.45) is 0 Å². The molecule has 0 bridgehead atoms. The molecule has 1 N–H and O–H groups in total. The Morgan fingerprint density at radius 2 is 1.90 bits per heavy atom. The maximum Gasteiger partial charge on any atom is 0.0323 e. The van der Waals surface area contributed by atoms with Gasteiger partial charge in [0.25, 0.3) is 0 Å². The van der Waals surface area contributed by atoms with Gasteiger partial charge >= 0.3 is 0 Å². The average molecular weight is 269 g/mol. The molecular formula is C19H27N. The van der Waals surface area contributed by atoms with Crippen LogP contribution in [0.4, 0.5) is 0 Å². The van der Waals surface area contributed by atoms with E-state index < -0.39 is 0 Å². The van der Waals surface area contributed by atoms with Crippen LogP contribution in [0.5, 0.6) is 0 Å². The van der Waals surface area contributed by atoms with Crippen molar-refractivity contribution in [1.82, 2.24) is 5.32 Å². The summed E-state index contributed by atoms with van der Waals surface area (Å²) in [7, 11) is 0. The van der Waals surface area contributed by atoms with E-state index >= 15 is 0 Å². The van der Waals surface area contributed by atoms with Crippen LogP contribution in [0, 0.1) is 0 Å². The van der Waals surface area contributed by atoms with E-state index in [2.05, 4.69) is 35.7 Å². The van der Waals surface area contributed by atoms with Gasteiger partial charge in [0.05, 0.1) is 0 Å². The van der Waals surface area contributed by atoms with E-state index in [9.17, 15) is 0 Å². The van der Waals surface area contributed by atoms with E-state index in [0.717, 1.165) is 6.54 Å². The van der Waals surface area contributed by atoms with Gasteiger partial charge in [-0.2, -0.15) is 0 Å². The van der Waals surface area contributed by atoms with Crippen molar-refractivity contribution in [3.63, 3.8) is 0 Å². The minimum Gasteiger partial charge on any atom is -0.310 e. The lowest BCUT2D eigenvalue weighted by atomic mass is 9.96. The Morgan fingerprint density at radius 1 is 1.00 bits per heavy atom. The van der Waals surface area contributed by atoms with Gasteiger partial charge < -0.3 is 5.32 Å². The molecule has 0 heterocycles. The van der Waals surface area contributed by atoms with Crippen molar-refractivity contribution < 1.29 is 0 Å². The Morgan fingerprint density at radius 3 is 2.80 bits per heavy atom. The van der Waals surface area contributed by atoms with Gasteiger partial charge in [0.2, 0.25) is 0 Å². The molecule has 1 unspecified atom stereocenters. The molecule has 0 spiro atoms. The van der Waals surface area contributed by atoms with E-state index in [4.69, 9.17) is 0 Å². The van der Waals surface area contributed by atoms with Gasteiger partial charge in [-0.15, -0.1) is 0 Å². The van der Waals surface area contributed by atoms with Crippen LogP contribution in [0.25, 0.3) is 0 Å². The van der Waals surface area contributed by atoms with Crippen LogP contribution in [0.2, 0.25) is 0 Å². The Labute approximate surface area is 123 Å². The molecule has 1 nitrogen and oxygen atoms in total. The molecule has 108 valence electrons. The highest BCUT2D eigenvalue weighted by Gasteiger charge is 2.17. The second kappa shape index (κ2) is 7.08. The first kappa shape index (κ1) is 13.9. The lowest BCUT2D eigenvalue weighted by Crippen LogP contribution is -2.23. The Bertz CT molecular complexity index is 461. The summed E-state index contributed by atoms with van der Waals surface area (Å²) in [5.41, 5.74) is 4.81. The molecule has 0 saturated heterocycles. The van der Waals surface area contributed by atoms with Crippen molar-refractivity contribution in [3.8, 4) is 0 Å². The topological polar surface area (TPSA) is 12.0 Å². The third kappa shape index (κ3) is 3.52. The molecule has 0 saturated carbocycles. The van der Waals surface area contributed by atoms with Gasteiger partial charge in [0.1, 0.15) is 0 Å². The van der Waals surface area contributed by atoms with Crippen LogP contribution < -0.4 is 5.32 Å². The fourth-order valence-electron chi connectivity index (χ4n) is 3.67. The van der Waals surface area contributed by atoms with Crippen LogP contribution in [0.15, 0.2) is 35.9 Å². The number of fused-ring (bicyclic) bond motifs is 1. The number of rotatable bonds is 4. The summed E-state index contributed by atoms with van der Waals surface area (Å²) >= 11 is 0. The summed E-state index contributed by atoms with van der Waals surface area (Å²) in [6, 6.07) is 9.62. The predicted octanol–water partition coefficient (Wildman–Crippen LogP) is 4.93. The number of benzene rings is 1. The number of allylic oxidation sites excluding steroid dienone is 1. The molecule has 2 aliphatic carbocycles. The van der Waals surface area contributed by atoms with Gasteiger partial charge in [-0.25, -0.2) is 0 Å². The molecule has 20 heavy (non-hydrogen) atoms. The molecule has 3 rings (SSSR count). The van der Waals surface area contributed by atoms with E-state index in [1.807, 2.05) is 0 Å². The van der Waals surface area contributed by atoms with Gasteiger partial charge in [-0.1, -0.05) is 42.3 Å². The lowest BCUT2D eigenvalue weighted by molar-refractivity contribution is 0.488. The van der Waals surface area contributed by atoms with Crippen LogP contribution in [0.1, 0.15) is 68.5 Å². The molecule has 0 amide bonds. The van der Waals surface area contributed by atoms with Crippen LogP contribution in [-0.4, -0.2) is 6.54 Å². The molecule has 0 aliphatic heterocycles. The normalized spacial score (nSPS) is 22.8. The van der Waals surface area contributed by atoms with E-state index in [1.165, 1.54) is 57.8 Å². The highest BCUT2D eigenvalue weighted by molar-refractivity contribution is 5.31. The molecule has 0 radical (unpaired) electrons. The zero-order chi connectivity index (χ0) is 13.6. The fourth-order valence-corrected chi connectivity index (χ4v) is 3.67. The highest BCUT2D eigenvalue weighted by Crippen LogP contribution is 2.28. The lowest BCUT2D eigenvalue weighted by Gasteiger charge is -2.20. The first-order chi connectivity index (χ1) is 9.93. The summed E-state index contributed by atoms with van der Waals surface area (Å²) in [6.07, 6.45) is 14.4. The van der Waals surface area contributed by atoms with E-state index in [1.54, 1.807) is 16.7 Å². The third-order valence-corrected chi connectivity index (χ3v) is 4.84. The smallest absolute Gasteiger partial charge is 0.0323 e. The van der Waals surface area contributed by atoms with Crippen LogP contribution in [-0.2, 0) is 6.42 Å². The largest absolute Gasteiger partial charge is 0.310 e. The number of hydrogen-bond acceptors (Lipinski definition) is 1. The first-order valence-corrected chi connectivity index (χ1v) is 8.42. The minimum atomic E-state index is 0.581. The quantitative estimate of drug-likeness (QED) is 0.603. The fraction of sp³-hybridized carbons (Fsp3) is 0.579. The van der Waals surface area contributed by atoms with E-state index in [0.29, 0.717) is 6.04 Å². The summed E-state index contributed by atoms with van der Waals surface area (Å²) in [6.45, 7) is 1.14. The van der Waals surface area contributed by atoms with Gasteiger partial charge in [-0.3, -0.25) is 0 Å². The summed E-state index contributed by atoms with van der Waals surface area (Å²) < 4.78 is 0. The molecule has 1 aromatic carbocycles. The van der Waals surface area contributed by atoms with Crippen LogP contribution in [0.3, 0.4) is 0 Å². The standard InChI is InChI=1S/C19H27N/c1-2-8-16(9-3-1)14-15-20-19-13-7-5-11-17-10-4-6-12-18(17)19/h4,6,8,10,12,19-20H,1-3,5,7,9,11,13-15H2. The number of nitrogens with one attached hydrogen (secondary N) is 1. The van der Waals surface area contributed by atoms with Gasteiger partial charge in [0.15, 0.2) is 0 Å². The second-order valence-electron chi connectivity index (χ2n) is 6.31. The summed E-state index contributed by atoms with van der Waals surface area (Å²) in [5, 5.41) is 3.82.